The van der Waals surface area contributed by atoms with Crippen LogP contribution in [0.15, 0.2) is 40.2 Å². The minimum absolute atomic E-state index is 0.0346. The maximum atomic E-state index is 13.1. The molecule has 0 bridgehead atoms. The van der Waals surface area contributed by atoms with E-state index in [9.17, 15) is 24.0 Å². The van der Waals surface area contributed by atoms with Crippen molar-refractivity contribution in [2.24, 2.45) is 0 Å². The minimum atomic E-state index is -3.13. The lowest BCUT2D eigenvalue weighted by Crippen LogP contribution is -2.47. The molecule has 2 unspecified atom stereocenters. The summed E-state index contributed by atoms with van der Waals surface area (Å²) in [5.41, 5.74) is -0.484. The third-order valence-corrected chi connectivity index (χ3v) is 9.82. The third-order valence-electron chi connectivity index (χ3n) is 7.54. The average molecular weight is 599 g/mol. The van der Waals surface area contributed by atoms with E-state index in [1.165, 1.54) is 6.20 Å². The Morgan fingerprint density at radius 2 is 2.02 bits per heavy atom. The van der Waals surface area contributed by atoms with Crippen molar-refractivity contribution < 1.29 is 23.4 Å². The predicted molar refractivity (Wildman–Crippen MR) is 160 cm³/mol. The fourth-order valence-electron chi connectivity index (χ4n) is 5.59. The highest BCUT2D eigenvalue weighted by Gasteiger charge is 2.44. The molecule has 13 heteroatoms. The summed E-state index contributed by atoms with van der Waals surface area (Å²) in [6.45, 7) is 11.6. The Morgan fingerprint density at radius 3 is 2.64 bits per heavy atom. The number of ether oxygens (including phenoxy) is 2. The van der Waals surface area contributed by atoms with Gasteiger partial charge in [-0.3, -0.25) is 18.6 Å². The second-order valence-electron chi connectivity index (χ2n) is 12.9. The van der Waals surface area contributed by atoms with Crippen molar-refractivity contribution in [3.05, 3.63) is 46.4 Å². The van der Waals surface area contributed by atoms with E-state index in [2.05, 4.69) is 16.4 Å². The summed E-state index contributed by atoms with van der Waals surface area (Å²) >= 11 is 0. The second kappa shape index (κ2) is 10.4. The molecule has 0 spiro atoms. The zero-order chi connectivity index (χ0) is 30.7. The zero-order valence-electron chi connectivity index (χ0n) is 24.7. The van der Waals surface area contributed by atoms with Gasteiger partial charge in [0.15, 0.2) is 11.9 Å². The largest absolute Gasteiger partial charge is 0.458 e. The lowest BCUT2D eigenvalue weighted by Gasteiger charge is -2.44. The molecule has 2 aromatic heterocycles. The first kappa shape index (κ1) is 30.1. The molecule has 0 aliphatic carbocycles. The molecule has 5 rings (SSSR count). The van der Waals surface area contributed by atoms with Crippen molar-refractivity contribution in [2.75, 3.05) is 11.9 Å². The van der Waals surface area contributed by atoms with Gasteiger partial charge in [-0.25, -0.2) is 4.79 Å². The number of anilines is 2. The van der Waals surface area contributed by atoms with Crippen LogP contribution in [0.4, 0.5) is 11.5 Å². The molecule has 1 fully saturated rings. The Morgan fingerprint density at radius 1 is 1.29 bits per heavy atom. The number of rotatable bonds is 5. The van der Waals surface area contributed by atoms with E-state index in [4.69, 9.17) is 14.6 Å². The van der Waals surface area contributed by atoms with Gasteiger partial charge >= 0.3 is 5.97 Å². The van der Waals surface area contributed by atoms with Gasteiger partial charge in [-0.2, -0.15) is 14.7 Å². The van der Waals surface area contributed by atoms with Crippen molar-refractivity contribution in [1.82, 2.24) is 19.1 Å². The molecule has 0 amide bonds. The highest BCUT2D eigenvalue weighted by Crippen LogP contribution is 2.61. The molecular formula is C29H38N6O6S. The van der Waals surface area contributed by atoms with E-state index in [-0.39, 0.29) is 24.4 Å². The molecular weight excluding hydrogens is 560 g/mol. The molecule has 2 aliphatic rings. The van der Waals surface area contributed by atoms with Crippen LogP contribution in [0.5, 0.6) is 0 Å². The summed E-state index contributed by atoms with van der Waals surface area (Å²) in [5, 5.41) is 18.1. The quantitative estimate of drug-likeness (QED) is 0.285. The molecule has 3 aromatic rings. The van der Waals surface area contributed by atoms with Crippen LogP contribution in [0.25, 0.3) is 10.9 Å². The third kappa shape index (κ3) is 5.41. The van der Waals surface area contributed by atoms with E-state index in [0.717, 1.165) is 5.56 Å². The number of hydrogen-bond acceptors (Lipinski definition) is 10. The summed E-state index contributed by atoms with van der Waals surface area (Å²) in [4.78, 5) is 28.9. The van der Waals surface area contributed by atoms with E-state index >= 15 is 0 Å². The van der Waals surface area contributed by atoms with Crippen LogP contribution < -0.4 is 10.9 Å². The van der Waals surface area contributed by atoms with Gasteiger partial charge in [0.2, 0.25) is 0 Å². The lowest BCUT2D eigenvalue weighted by atomic mass is 9.87. The van der Waals surface area contributed by atoms with Gasteiger partial charge in [-0.05, 0) is 84.2 Å². The van der Waals surface area contributed by atoms with Crippen molar-refractivity contribution in [1.29, 1.82) is 5.26 Å². The van der Waals surface area contributed by atoms with Gasteiger partial charge in [0.25, 0.3) is 5.56 Å². The van der Waals surface area contributed by atoms with Crippen LogP contribution in [-0.4, -0.2) is 58.0 Å². The smallest absolute Gasteiger partial charge is 0.335 e. The number of aromatic nitrogens is 3. The number of esters is 1. The summed E-state index contributed by atoms with van der Waals surface area (Å²) < 4.78 is 36.7. The van der Waals surface area contributed by atoms with Gasteiger partial charge in [-0.1, -0.05) is 0 Å². The number of nitrogens with zero attached hydrogens (tertiary/aromatic N) is 4. The molecule has 226 valence electrons. The number of nitriles is 1. The monoisotopic (exact) mass is 598 g/mol. The van der Waals surface area contributed by atoms with Crippen LogP contribution >= 0.6 is 10.8 Å². The maximum Gasteiger partial charge on any atom is 0.335 e. The van der Waals surface area contributed by atoms with Gasteiger partial charge in [-0.15, -0.1) is 10.8 Å². The number of pyridine rings is 1. The van der Waals surface area contributed by atoms with Crippen LogP contribution in [0.2, 0.25) is 0 Å². The summed E-state index contributed by atoms with van der Waals surface area (Å²) in [5.74, 6) is -0.161. The predicted octanol–water partition coefficient (Wildman–Crippen LogP) is 5.24. The molecule has 1 aromatic carbocycles. The summed E-state index contributed by atoms with van der Waals surface area (Å²) in [6, 6.07) is 9.21. The minimum Gasteiger partial charge on any atom is -0.458 e. The van der Waals surface area contributed by atoms with Crippen LogP contribution in [0.3, 0.4) is 0 Å². The molecule has 4 N–H and O–H groups in total. The number of carbonyl (C=O) groups is 1. The Labute approximate surface area is 246 Å². The van der Waals surface area contributed by atoms with Crippen molar-refractivity contribution in [3.63, 3.8) is 0 Å². The Kier molecular flexibility index (Phi) is 7.44. The lowest BCUT2D eigenvalue weighted by molar-refractivity contribution is -0.176. The number of carbonyl (C=O) groups excluding carboxylic acids is 1. The van der Waals surface area contributed by atoms with Crippen LogP contribution in [0, 0.1) is 11.3 Å². The number of fused-ring (bicyclic) bond motifs is 2. The molecule has 2 aliphatic heterocycles. The molecule has 42 heavy (non-hydrogen) atoms. The van der Waals surface area contributed by atoms with Gasteiger partial charge < -0.3 is 19.8 Å². The van der Waals surface area contributed by atoms with E-state index in [1.807, 2.05) is 26.8 Å². The second-order valence-corrected chi connectivity index (χ2v) is 14.9. The van der Waals surface area contributed by atoms with Gasteiger partial charge in [0.1, 0.15) is 11.0 Å². The van der Waals surface area contributed by atoms with Gasteiger partial charge in [0.05, 0.1) is 35.0 Å². The standard InChI is InChI=1S/C29H38N6O6S/c1-27(2,3)34-16-18-15-19(7-8-22(18)42(34,38)39)32-24-23-20(10-14-31-25(23)36)35(33-24)29(12-13-30)11-9-21(40-17-29)26(37)41-28(4,5)6/h7-8,10,14-15,21,38-39H,9,11-12,16-17H2,1-6H3,(H,31,36)(H,32,33). The molecule has 12 nitrogen and oxygen atoms in total. The number of hydrogen-bond donors (Lipinski definition) is 4. The first-order valence-corrected chi connectivity index (χ1v) is 15.3. The normalized spacial score (nSPS) is 23.3. The number of H-pyrrole nitrogens is 1. The number of benzene rings is 1. The van der Waals surface area contributed by atoms with Crippen LogP contribution in [0.1, 0.15) is 66.4 Å². The van der Waals surface area contributed by atoms with Gasteiger partial charge in [0, 0.05) is 24.0 Å². The molecule has 4 heterocycles. The molecule has 2 atom stereocenters. The molecule has 0 saturated carbocycles. The zero-order valence-corrected chi connectivity index (χ0v) is 25.5. The average Bonchev–Trinajstić information content (AvgIpc) is 3.39. The van der Waals surface area contributed by atoms with Crippen molar-refractivity contribution in [2.45, 2.75) is 95.0 Å². The van der Waals surface area contributed by atoms with E-state index in [1.54, 1.807) is 48.0 Å². The van der Waals surface area contributed by atoms with E-state index < -0.39 is 39.5 Å². The highest BCUT2D eigenvalue weighted by atomic mass is 32.3. The topological polar surface area (TPSA) is 166 Å². The fraction of sp³-hybridized carbons (Fsp3) is 0.517. The first-order chi connectivity index (χ1) is 19.6. The Balaban J connectivity index is 1.49. The highest BCUT2D eigenvalue weighted by molar-refractivity contribution is 8.22. The SMILES string of the molecule is CC(C)(C)OC(=O)C1CCC(CC#N)(n2nc(Nc3ccc4c(c3)CN(C(C)(C)C)S4(O)O)c3c(=O)[nH]ccc32)CO1. The van der Waals surface area contributed by atoms with E-state index in [0.29, 0.717) is 40.9 Å². The number of nitrogens with one attached hydrogen (secondary N) is 2. The summed E-state index contributed by atoms with van der Waals surface area (Å²) in [6.07, 6.45) is 1.56. The molecule has 1 saturated heterocycles. The Bertz CT molecular complexity index is 1620. The first-order valence-electron chi connectivity index (χ1n) is 13.8. The van der Waals surface area contributed by atoms with Crippen LogP contribution in [-0.2, 0) is 26.4 Å². The molecule has 0 radical (unpaired) electrons. The Hall–Kier alpha value is -3.41. The fourth-order valence-corrected chi connectivity index (χ4v) is 7.63. The maximum absolute atomic E-state index is 13.1. The number of aromatic amines is 1. The summed E-state index contributed by atoms with van der Waals surface area (Å²) in [7, 11) is -3.13. The van der Waals surface area contributed by atoms with Crippen molar-refractivity contribution in [3.8, 4) is 6.07 Å². The van der Waals surface area contributed by atoms with Crippen molar-refractivity contribution >= 4 is 39.2 Å².